The SMILES string of the molecule is C=C(C)[C@@H]1CC[C@]2(COC(=O)CS(C)(C)CCS(C)(N)Cc3ccccc3)CC[C@]3(C)C(CCC4[C@@]5(C)CC[C@H](OC(=O)CS(C)(C)CCS(C)(C)Cc6ccccc6)[C@H](C)C5CC[C@]43C)C12. The molecule has 2 aromatic carbocycles. The minimum Gasteiger partial charge on any atom is -0.465 e. The third kappa shape index (κ3) is 11.6. The van der Waals surface area contributed by atoms with Crippen LogP contribution in [0.4, 0.5) is 0 Å². The van der Waals surface area contributed by atoms with Crippen molar-refractivity contribution in [3.8, 4) is 0 Å². The van der Waals surface area contributed by atoms with Gasteiger partial charge in [0.15, 0.2) is 0 Å². The molecule has 0 saturated heterocycles. The highest BCUT2D eigenvalue weighted by atomic mass is 32.3. The summed E-state index contributed by atoms with van der Waals surface area (Å²) < 4.78 is 13.1. The Morgan fingerprint density at radius 3 is 1.87 bits per heavy atom. The summed E-state index contributed by atoms with van der Waals surface area (Å²) in [6.45, 7) is 18.0. The number of allylic oxidation sites excluding steroid dienone is 1. The van der Waals surface area contributed by atoms with E-state index in [4.69, 9.17) is 14.6 Å². The second-order valence-corrected chi connectivity index (χ2v) is 41.8. The van der Waals surface area contributed by atoms with E-state index < -0.39 is 40.3 Å². The van der Waals surface area contributed by atoms with E-state index in [1.807, 2.05) is 0 Å². The molecule has 67 heavy (non-hydrogen) atoms. The Kier molecular flexibility index (Phi) is 16.0. The lowest BCUT2D eigenvalue weighted by molar-refractivity contribution is -0.239. The molecular weight excluding hydrogens is 903 g/mol. The number of carbonyl (C=O) groups is 2. The molecule has 5 unspecified atom stereocenters. The molecule has 5 aliphatic rings. The van der Waals surface area contributed by atoms with E-state index in [0.717, 1.165) is 54.4 Å². The van der Waals surface area contributed by atoms with Gasteiger partial charge in [0.2, 0.25) is 0 Å². The minimum absolute atomic E-state index is 0.00114. The fraction of sp³-hybridized carbons (Fsp3) is 0.724. The normalized spacial score (nSPS) is 36.2. The number of ether oxygens (including phenoxy) is 2. The predicted molar refractivity (Wildman–Crippen MR) is 301 cm³/mol. The monoisotopic (exact) mass is 998 g/mol. The van der Waals surface area contributed by atoms with Gasteiger partial charge in [-0.05, 0) is 201 Å². The third-order valence-corrected chi connectivity index (χ3v) is 29.3. The zero-order valence-electron chi connectivity index (χ0n) is 44.3. The van der Waals surface area contributed by atoms with Crippen LogP contribution in [0.3, 0.4) is 0 Å². The van der Waals surface area contributed by atoms with Gasteiger partial charge in [0.25, 0.3) is 0 Å². The molecule has 9 heteroatoms. The lowest BCUT2D eigenvalue weighted by Gasteiger charge is -2.72. The number of fused-ring (bicyclic) bond motifs is 7. The number of hydrogen-bond donors (Lipinski definition) is 1. The molecule has 0 aliphatic heterocycles. The summed E-state index contributed by atoms with van der Waals surface area (Å²) in [5, 5.41) is 6.93. The van der Waals surface area contributed by atoms with Crippen LogP contribution in [0.5, 0.6) is 0 Å². The molecule has 0 radical (unpaired) electrons. The zero-order valence-corrected chi connectivity index (χ0v) is 47.6. The molecule has 2 aromatic rings. The second kappa shape index (κ2) is 20.2. The largest absolute Gasteiger partial charge is 0.465 e. The van der Waals surface area contributed by atoms with Gasteiger partial charge in [0.05, 0.1) is 18.1 Å². The number of carbonyl (C=O) groups excluding carboxylic acids is 2. The van der Waals surface area contributed by atoms with Crippen molar-refractivity contribution in [1.29, 1.82) is 0 Å². The zero-order chi connectivity index (χ0) is 48.8. The molecule has 5 fully saturated rings. The van der Waals surface area contributed by atoms with Crippen molar-refractivity contribution in [2.45, 2.75) is 116 Å². The summed E-state index contributed by atoms with van der Waals surface area (Å²) >= 11 is 0. The molecule has 0 heterocycles. The molecular formula is C58H95NO4S4. The van der Waals surface area contributed by atoms with Gasteiger partial charge in [0, 0.05) is 16.9 Å². The van der Waals surface area contributed by atoms with Crippen molar-refractivity contribution in [1.82, 2.24) is 0 Å². The standard InChI is InChI=1S/C58H95NO4S4/c1-43(2)47-26-31-58(42-62-52(60)40-66(11,12)36-37-67(13,59)39-46-22-18-15-19-23-46)33-32-56(5)49(54(47)58)24-25-51-55(4)29-28-50(44(3)48(55)27-30-57(51,56)6)63-53(61)41-65(9,10)35-34-64(7,8)38-45-20-16-14-17-21-45/h14-23,44,47-51,54H,1,24-42,59H2,2-13H3/t44-,47+,48?,49?,50+,51?,54?,55+,56-,57-,58-/m1/s1. The van der Waals surface area contributed by atoms with Gasteiger partial charge in [-0.25, -0.2) is 30.1 Å². The van der Waals surface area contributed by atoms with Crippen molar-refractivity contribution < 1.29 is 19.1 Å². The first-order valence-electron chi connectivity index (χ1n) is 25.9. The maximum Gasteiger partial charge on any atom is 0.314 e. The number of rotatable bonds is 18. The van der Waals surface area contributed by atoms with Crippen LogP contribution in [-0.4, -0.2) is 103 Å². The van der Waals surface area contributed by atoms with E-state index in [0.29, 0.717) is 53.6 Å². The Bertz CT molecular complexity index is 2060. The van der Waals surface area contributed by atoms with Crippen LogP contribution in [-0.2, 0) is 30.6 Å². The summed E-state index contributed by atoms with van der Waals surface area (Å²) in [5.41, 5.74) is 4.81. The van der Waals surface area contributed by atoms with E-state index >= 15 is 0 Å². The maximum atomic E-state index is 13.9. The first-order chi connectivity index (χ1) is 31.2. The van der Waals surface area contributed by atoms with Gasteiger partial charge in [-0.1, -0.05) is 101 Å². The van der Waals surface area contributed by atoms with E-state index in [9.17, 15) is 9.59 Å². The van der Waals surface area contributed by atoms with Gasteiger partial charge in [0.1, 0.15) is 6.10 Å². The molecule has 7 rings (SSSR count). The minimum atomic E-state index is -1.29. The average Bonchev–Trinajstić information content (AvgIpc) is 3.64. The van der Waals surface area contributed by atoms with Crippen LogP contribution in [0.25, 0.3) is 0 Å². The van der Waals surface area contributed by atoms with Gasteiger partial charge >= 0.3 is 11.9 Å². The maximum absolute atomic E-state index is 13.9. The lowest BCUT2D eigenvalue weighted by atomic mass is 9.33. The summed E-state index contributed by atoms with van der Waals surface area (Å²) in [5.74, 6) is 10.7. The molecule has 2 N–H and O–H groups in total. The van der Waals surface area contributed by atoms with Crippen LogP contribution in [0.15, 0.2) is 72.8 Å². The van der Waals surface area contributed by atoms with Crippen molar-refractivity contribution in [2.75, 3.05) is 84.9 Å². The van der Waals surface area contributed by atoms with Gasteiger partial charge in [-0.15, -0.1) is 0 Å². The Labute approximate surface area is 416 Å². The van der Waals surface area contributed by atoms with Gasteiger partial charge in [-0.3, -0.25) is 14.7 Å². The molecule has 0 spiro atoms. The first-order valence-corrected chi connectivity index (χ1v) is 36.7. The average molecular weight is 999 g/mol. The first kappa shape index (κ1) is 53.3. The highest BCUT2D eigenvalue weighted by Crippen LogP contribution is 2.77. The molecule has 0 amide bonds. The summed E-state index contributed by atoms with van der Waals surface area (Å²) in [6.07, 6.45) is 28.4. The van der Waals surface area contributed by atoms with Crippen LogP contribution >= 0.6 is 40.3 Å². The van der Waals surface area contributed by atoms with Crippen molar-refractivity contribution in [2.24, 2.45) is 62.3 Å². The lowest BCUT2D eigenvalue weighted by Crippen LogP contribution is -2.65. The van der Waals surface area contributed by atoms with Gasteiger partial charge in [-0.2, -0.15) is 10.2 Å². The Balaban J connectivity index is 0.968. The molecule has 12 atom stereocenters. The van der Waals surface area contributed by atoms with Crippen LogP contribution < -0.4 is 5.14 Å². The smallest absolute Gasteiger partial charge is 0.314 e. The predicted octanol–water partition coefficient (Wildman–Crippen LogP) is 13.6. The highest BCUT2D eigenvalue weighted by molar-refractivity contribution is 8.36. The molecule has 5 aliphatic carbocycles. The number of nitrogens with two attached hydrogens (primary N) is 1. The van der Waals surface area contributed by atoms with E-state index in [2.05, 4.69) is 146 Å². The molecule has 0 aromatic heterocycles. The number of esters is 2. The molecule has 380 valence electrons. The number of hydrogen-bond acceptors (Lipinski definition) is 5. The second-order valence-electron chi connectivity index (χ2n) is 25.7. The third-order valence-electron chi connectivity index (χ3n) is 19.6. The fourth-order valence-corrected chi connectivity index (χ4v) is 26.5. The van der Waals surface area contributed by atoms with Crippen LogP contribution in [0, 0.1) is 57.2 Å². The Hall–Kier alpha value is -1.52. The quantitative estimate of drug-likeness (QED) is 0.119. The molecule has 5 nitrogen and oxygen atoms in total. The number of benzene rings is 2. The van der Waals surface area contributed by atoms with E-state index in [-0.39, 0.29) is 39.7 Å². The van der Waals surface area contributed by atoms with Gasteiger partial charge < -0.3 is 9.47 Å². The van der Waals surface area contributed by atoms with Crippen LogP contribution in [0.2, 0.25) is 0 Å². The Morgan fingerprint density at radius 1 is 0.657 bits per heavy atom. The topological polar surface area (TPSA) is 78.6 Å². The van der Waals surface area contributed by atoms with E-state index in [1.54, 1.807) is 0 Å². The van der Waals surface area contributed by atoms with Crippen LogP contribution in [0.1, 0.15) is 110 Å². The summed E-state index contributed by atoms with van der Waals surface area (Å²) in [7, 11) is -4.33. The summed E-state index contributed by atoms with van der Waals surface area (Å²) in [4.78, 5) is 27.7. The highest BCUT2D eigenvalue weighted by Gasteiger charge is 2.70. The van der Waals surface area contributed by atoms with Crippen molar-refractivity contribution in [3.63, 3.8) is 0 Å². The molecule has 5 saturated carbocycles. The van der Waals surface area contributed by atoms with E-state index in [1.165, 1.54) is 61.0 Å². The fourth-order valence-electron chi connectivity index (χ4n) is 15.5. The molecule has 0 bridgehead atoms. The summed E-state index contributed by atoms with van der Waals surface area (Å²) in [6, 6.07) is 21.5. The van der Waals surface area contributed by atoms with Crippen molar-refractivity contribution >= 4 is 52.2 Å². The Morgan fingerprint density at radius 2 is 1.24 bits per heavy atom. The van der Waals surface area contributed by atoms with Crippen molar-refractivity contribution in [3.05, 3.63) is 83.9 Å².